The van der Waals surface area contributed by atoms with Crippen LogP contribution in [0.15, 0.2) is 54.6 Å². The van der Waals surface area contributed by atoms with Crippen molar-refractivity contribution in [2.24, 2.45) is 0 Å². The van der Waals surface area contributed by atoms with Crippen molar-refractivity contribution in [2.75, 3.05) is 5.32 Å². The number of hydrogen-bond acceptors (Lipinski definition) is 2. The van der Waals surface area contributed by atoms with Gasteiger partial charge in [0.25, 0.3) is 0 Å². The van der Waals surface area contributed by atoms with E-state index in [1.165, 1.54) is 11.1 Å². The number of pyridine rings is 1. The van der Waals surface area contributed by atoms with Crippen LogP contribution in [0.3, 0.4) is 0 Å². The average molecular weight is 248 g/mol. The van der Waals surface area contributed by atoms with Crippen LogP contribution in [0.1, 0.15) is 11.1 Å². The molecule has 19 heavy (non-hydrogen) atoms. The van der Waals surface area contributed by atoms with E-state index in [-0.39, 0.29) is 0 Å². The van der Waals surface area contributed by atoms with E-state index in [0.29, 0.717) is 0 Å². The number of rotatable bonds is 2. The Morgan fingerprint density at radius 1 is 0.895 bits per heavy atom. The van der Waals surface area contributed by atoms with E-state index in [0.717, 1.165) is 22.4 Å². The largest absolute Gasteiger partial charge is 0.340 e. The Morgan fingerprint density at radius 3 is 2.63 bits per heavy atom. The first-order valence-corrected chi connectivity index (χ1v) is 6.42. The van der Waals surface area contributed by atoms with E-state index in [1.807, 2.05) is 24.3 Å². The summed E-state index contributed by atoms with van der Waals surface area (Å²) in [5, 5.41) is 4.56. The summed E-state index contributed by atoms with van der Waals surface area (Å²) in [5.74, 6) is 0.882. The van der Waals surface area contributed by atoms with Gasteiger partial charge in [-0.1, -0.05) is 30.3 Å². The molecule has 2 nitrogen and oxygen atoms in total. The SMILES string of the molecule is Cc1ccc(C)c(Nc2ccc3ccccc3n2)c1. The van der Waals surface area contributed by atoms with Gasteiger partial charge in [-0.25, -0.2) is 4.98 Å². The van der Waals surface area contributed by atoms with Crippen molar-refractivity contribution in [1.29, 1.82) is 0 Å². The van der Waals surface area contributed by atoms with E-state index in [9.17, 15) is 0 Å². The molecule has 94 valence electrons. The van der Waals surface area contributed by atoms with Crippen LogP contribution in [0.5, 0.6) is 0 Å². The number of fused-ring (bicyclic) bond motifs is 1. The molecule has 0 atom stereocenters. The van der Waals surface area contributed by atoms with Crippen molar-refractivity contribution in [2.45, 2.75) is 13.8 Å². The van der Waals surface area contributed by atoms with Crippen LogP contribution in [-0.4, -0.2) is 4.98 Å². The van der Waals surface area contributed by atoms with Crippen LogP contribution in [0, 0.1) is 13.8 Å². The molecule has 3 aromatic rings. The van der Waals surface area contributed by atoms with Crippen molar-refractivity contribution >= 4 is 22.4 Å². The number of aryl methyl sites for hydroxylation is 2. The number of aromatic nitrogens is 1. The van der Waals surface area contributed by atoms with Crippen molar-refractivity contribution in [3.8, 4) is 0 Å². The molecule has 1 N–H and O–H groups in total. The fourth-order valence-corrected chi connectivity index (χ4v) is 2.14. The van der Waals surface area contributed by atoms with Gasteiger partial charge >= 0.3 is 0 Å². The van der Waals surface area contributed by atoms with Crippen LogP contribution >= 0.6 is 0 Å². The zero-order valence-electron chi connectivity index (χ0n) is 11.1. The molecule has 0 saturated heterocycles. The van der Waals surface area contributed by atoms with Crippen molar-refractivity contribution in [1.82, 2.24) is 4.98 Å². The second-order valence-corrected chi connectivity index (χ2v) is 4.83. The zero-order valence-corrected chi connectivity index (χ0v) is 11.1. The Bertz CT molecular complexity index is 732. The lowest BCUT2D eigenvalue weighted by atomic mass is 10.1. The highest BCUT2D eigenvalue weighted by Gasteiger charge is 2.01. The van der Waals surface area contributed by atoms with E-state index < -0.39 is 0 Å². The number of hydrogen-bond donors (Lipinski definition) is 1. The van der Waals surface area contributed by atoms with E-state index in [2.05, 4.69) is 54.5 Å². The first-order valence-electron chi connectivity index (χ1n) is 6.42. The van der Waals surface area contributed by atoms with Crippen LogP contribution in [0.4, 0.5) is 11.5 Å². The smallest absolute Gasteiger partial charge is 0.131 e. The maximum atomic E-state index is 4.63. The third kappa shape index (κ3) is 2.43. The van der Waals surface area contributed by atoms with Gasteiger partial charge in [0, 0.05) is 11.1 Å². The number of para-hydroxylation sites is 1. The standard InChI is InChI=1S/C17H16N2/c1-12-7-8-13(2)16(11-12)19-17-10-9-14-5-3-4-6-15(14)18-17/h3-11H,1-2H3,(H,18,19). The molecule has 0 aliphatic carbocycles. The van der Waals surface area contributed by atoms with Crippen molar-refractivity contribution < 1.29 is 0 Å². The number of nitrogens with zero attached hydrogens (tertiary/aromatic N) is 1. The third-order valence-corrected chi connectivity index (χ3v) is 3.25. The zero-order chi connectivity index (χ0) is 13.2. The summed E-state index contributed by atoms with van der Waals surface area (Å²) in [7, 11) is 0. The molecule has 0 radical (unpaired) electrons. The number of benzene rings is 2. The highest BCUT2D eigenvalue weighted by Crippen LogP contribution is 2.22. The maximum absolute atomic E-state index is 4.63. The minimum Gasteiger partial charge on any atom is -0.340 e. The predicted octanol–water partition coefficient (Wildman–Crippen LogP) is 4.60. The van der Waals surface area contributed by atoms with Crippen LogP contribution in [0.2, 0.25) is 0 Å². The Kier molecular flexibility index (Phi) is 2.92. The van der Waals surface area contributed by atoms with Gasteiger partial charge in [0.2, 0.25) is 0 Å². The first-order chi connectivity index (χ1) is 9.22. The normalized spacial score (nSPS) is 10.6. The average Bonchev–Trinajstić information content (AvgIpc) is 2.43. The summed E-state index contributed by atoms with van der Waals surface area (Å²) in [5.41, 5.74) is 4.59. The molecule has 3 rings (SSSR count). The summed E-state index contributed by atoms with van der Waals surface area (Å²) in [6, 6.07) is 18.6. The lowest BCUT2D eigenvalue weighted by Gasteiger charge is -2.10. The Morgan fingerprint density at radius 2 is 1.74 bits per heavy atom. The monoisotopic (exact) mass is 248 g/mol. The van der Waals surface area contributed by atoms with Crippen LogP contribution in [0.25, 0.3) is 10.9 Å². The second-order valence-electron chi connectivity index (χ2n) is 4.83. The van der Waals surface area contributed by atoms with Gasteiger partial charge in [-0.05, 0) is 49.2 Å². The molecule has 2 heteroatoms. The summed E-state index contributed by atoms with van der Waals surface area (Å²) in [6.07, 6.45) is 0. The Hall–Kier alpha value is -2.35. The van der Waals surface area contributed by atoms with E-state index in [4.69, 9.17) is 0 Å². The third-order valence-electron chi connectivity index (χ3n) is 3.25. The molecule has 1 aromatic heterocycles. The van der Waals surface area contributed by atoms with Crippen LogP contribution in [-0.2, 0) is 0 Å². The fraction of sp³-hybridized carbons (Fsp3) is 0.118. The molecule has 0 saturated carbocycles. The summed E-state index contributed by atoms with van der Waals surface area (Å²) in [4.78, 5) is 4.63. The summed E-state index contributed by atoms with van der Waals surface area (Å²) in [6.45, 7) is 4.20. The van der Waals surface area contributed by atoms with E-state index in [1.54, 1.807) is 0 Å². The van der Waals surface area contributed by atoms with E-state index >= 15 is 0 Å². The van der Waals surface area contributed by atoms with Gasteiger partial charge in [-0.2, -0.15) is 0 Å². The minimum atomic E-state index is 0.882. The van der Waals surface area contributed by atoms with Crippen LogP contribution < -0.4 is 5.32 Å². The van der Waals surface area contributed by atoms with Gasteiger partial charge in [-0.3, -0.25) is 0 Å². The minimum absolute atomic E-state index is 0.882. The first kappa shape index (κ1) is 11.7. The number of anilines is 2. The lowest BCUT2D eigenvalue weighted by Crippen LogP contribution is -1.96. The molecule has 0 aliphatic rings. The topological polar surface area (TPSA) is 24.9 Å². The molecule has 0 spiro atoms. The van der Waals surface area contributed by atoms with Gasteiger partial charge in [0.1, 0.15) is 5.82 Å². The molecule has 0 fully saturated rings. The van der Waals surface area contributed by atoms with Crippen molar-refractivity contribution in [3.05, 3.63) is 65.7 Å². The van der Waals surface area contributed by atoms with Gasteiger partial charge in [-0.15, -0.1) is 0 Å². The molecule has 2 aromatic carbocycles. The van der Waals surface area contributed by atoms with Crippen molar-refractivity contribution in [3.63, 3.8) is 0 Å². The molecular weight excluding hydrogens is 232 g/mol. The Labute approximate surface area is 113 Å². The number of nitrogens with one attached hydrogen (secondary N) is 1. The summed E-state index contributed by atoms with van der Waals surface area (Å²) >= 11 is 0. The molecule has 0 aliphatic heterocycles. The molecule has 0 bridgehead atoms. The predicted molar refractivity (Wildman–Crippen MR) is 80.9 cm³/mol. The molecule has 0 amide bonds. The molecule has 1 heterocycles. The summed E-state index contributed by atoms with van der Waals surface area (Å²) < 4.78 is 0. The fourth-order valence-electron chi connectivity index (χ4n) is 2.14. The maximum Gasteiger partial charge on any atom is 0.131 e. The van der Waals surface area contributed by atoms with Gasteiger partial charge in [0.05, 0.1) is 5.52 Å². The lowest BCUT2D eigenvalue weighted by molar-refractivity contribution is 1.33. The van der Waals surface area contributed by atoms with Gasteiger partial charge in [0.15, 0.2) is 0 Å². The quantitative estimate of drug-likeness (QED) is 0.717. The molecule has 0 unspecified atom stereocenters. The highest BCUT2D eigenvalue weighted by atomic mass is 15.0. The van der Waals surface area contributed by atoms with Gasteiger partial charge < -0.3 is 5.32 Å². The Balaban J connectivity index is 1.98. The second kappa shape index (κ2) is 4.73. The molecular formula is C17H16N2. The highest BCUT2D eigenvalue weighted by molar-refractivity contribution is 5.80.